The van der Waals surface area contributed by atoms with E-state index in [1.54, 1.807) is 4.90 Å². The predicted octanol–water partition coefficient (Wildman–Crippen LogP) is 3.64. The molecule has 2 aromatic carbocycles. The zero-order chi connectivity index (χ0) is 19.5. The van der Waals surface area contributed by atoms with Gasteiger partial charge in [0.25, 0.3) is 5.91 Å². The summed E-state index contributed by atoms with van der Waals surface area (Å²) in [6.45, 7) is 3.59. The Morgan fingerprint density at radius 2 is 1.68 bits per heavy atom. The molecule has 0 N–H and O–H groups in total. The first-order valence-electron chi connectivity index (χ1n) is 9.78. The number of nitrogens with zero attached hydrogens (tertiary/aromatic N) is 2. The molecule has 2 fully saturated rings. The molecule has 4 rings (SSSR count). The maximum Gasteiger partial charge on any atom is 0.254 e. The Labute approximate surface area is 163 Å². The number of rotatable bonds is 4. The van der Waals surface area contributed by atoms with Gasteiger partial charge in [-0.3, -0.25) is 4.79 Å². The molecular formula is C22H24F2N2O2. The van der Waals surface area contributed by atoms with Crippen LogP contribution < -0.4 is 0 Å². The van der Waals surface area contributed by atoms with Crippen LogP contribution in [-0.4, -0.2) is 54.6 Å². The van der Waals surface area contributed by atoms with Gasteiger partial charge in [-0.25, -0.2) is 8.78 Å². The van der Waals surface area contributed by atoms with Gasteiger partial charge in [0.2, 0.25) is 0 Å². The van der Waals surface area contributed by atoms with Crippen LogP contribution in [0.1, 0.15) is 34.8 Å². The van der Waals surface area contributed by atoms with Crippen molar-refractivity contribution in [3.63, 3.8) is 0 Å². The fourth-order valence-electron chi connectivity index (χ4n) is 4.22. The minimum atomic E-state index is -0.749. The van der Waals surface area contributed by atoms with Gasteiger partial charge in [0, 0.05) is 24.7 Å². The van der Waals surface area contributed by atoms with Crippen LogP contribution in [0.3, 0.4) is 0 Å². The Morgan fingerprint density at radius 1 is 1.00 bits per heavy atom. The number of hydrogen-bond acceptors (Lipinski definition) is 3. The molecule has 1 amide bonds. The number of ether oxygens (including phenoxy) is 1. The summed E-state index contributed by atoms with van der Waals surface area (Å²) in [4.78, 5) is 17.3. The van der Waals surface area contributed by atoms with Crippen molar-refractivity contribution >= 4 is 5.91 Å². The highest BCUT2D eigenvalue weighted by Gasteiger charge is 2.38. The Bertz CT molecular complexity index is 804. The lowest BCUT2D eigenvalue weighted by molar-refractivity contribution is -0.0707. The largest absolute Gasteiger partial charge is 0.373 e. The molecule has 28 heavy (non-hydrogen) atoms. The van der Waals surface area contributed by atoms with Crippen LogP contribution in [-0.2, 0) is 4.74 Å². The van der Waals surface area contributed by atoms with Crippen LogP contribution in [0.4, 0.5) is 8.78 Å². The average molecular weight is 386 g/mol. The Balaban J connectivity index is 1.66. The highest BCUT2D eigenvalue weighted by molar-refractivity contribution is 5.94. The number of carbonyl (C=O) groups excluding carboxylic acids is 1. The summed E-state index contributed by atoms with van der Waals surface area (Å²) in [5, 5.41) is 0. The molecular weight excluding hydrogens is 362 g/mol. The smallest absolute Gasteiger partial charge is 0.254 e. The molecule has 0 aromatic heterocycles. The minimum absolute atomic E-state index is 0.0280. The molecule has 0 aliphatic carbocycles. The quantitative estimate of drug-likeness (QED) is 0.804. The molecule has 0 saturated carbocycles. The number of benzene rings is 2. The summed E-state index contributed by atoms with van der Waals surface area (Å²) in [5.74, 6) is -1.87. The first kappa shape index (κ1) is 19.0. The summed E-state index contributed by atoms with van der Waals surface area (Å²) in [7, 11) is 0. The van der Waals surface area contributed by atoms with Gasteiger partial charge < -0.3 is 14.5 Å². The van der Waals surface area contributed by atoms with Crippen molar-refractivity contribution in [1.29, 1.82) is 0 Å². The van der Waals surface area contributed by atoms with E-state index in [-0.39, 0.29) is 23.6 Å². The second kappa shape index (κ2) is 8.37. The SMILES string of the molecule is O=C(c1cc(F)cc(F)c1)N1CCO[C@@H](CN2CCCC2)[C@@H]1c1ccccc1. The number of likely N-dealkylation sites (tertiary alicyclic amines) is 1. The molecule has 2 atom stereocenters. The van der Waals surface area contributed by atoms with Crippen molar-refractivity contribution in [3.05, 3.63) is 71.3 Å². The zero-order valence-electron chi connectivity index (χ0n) is 15.7. The molecule has 0 spiro atoms. The van der Waals surface area contributed by atoms with E-state index in [0.29, 0.717) is 13.2 Å². The van der Waals surface area contributed by atoms with Gasteiger partial charge in [-0.15, -0.1) is 0 Å². The molecule has 148 valence electrons. The maximum absolute atomic E-state index is 13.7. The van der Waals surface area contributed by atoms with Crippen molar-refractivity contribution in [3.8, 4) is 0 Å². The minimum Gasteiger partial charge on any atom is -0.373 e. The number of morpholine rings is 1. The fourth-order valence-corrected chi connectivity index (χ4v) is 4.22. The van der Waals surface area contributed by atoms with Gasteiger partial charge >= 0.3 is 0 Å². The maximum atomic E-state index is 13.7. The van der Waals surface area contributed by atoms with Gasteiger partial charge in [0.15, 0.2) is 0 Å². The standard InChI is InChI=1S/C22H24F2N2O2/c23-18-12-17(13-19(24)14-18)22(27)26-10-11-28-20(15-25-8-4-5-9-25)21(26)16-6-2-1-3-7-16/h1-3,6-7,12-14,20-21H,4-5,8-11,15H2/t20-,21-/m0/s1. The third kappa shape index (κ3) is 4.08. The van der Waals surface area contributed by atoms with E-state index in [9.17, 15) is 13.6 Å². The van der Waals surface area contributed by atoms with Crippen molar-refractivity contribution in [2.45, 2.75) is 25.0 Å². The topological polar surface area (TPSA) is 32.8 Å². The van der Waals surface area contributed by atoms with Crippen molar-refractivity contribution in [1.82, 2.24) is 9.80 Å². The summed E-state index contributed by atoms with van der Waals surface area (Å²) in [5.41, 5.74) is 0.997. The van der Waals surface area contributed by atoms with E-state index in [0.717, 1.165) is 43.4 Å². The molecule has 6 heteroatoms. The molecule has 2 saturated heterocycles. The summed E-state index contributed by atoms with van der Waals surface area (Å²) >= 11 is 0. The monoisotopic (exact) mass is 386 g/mol. The molecule has 4 nitrogen and oxygen atoms in total. The van der Waals surface area contributed by atoms with E-state index < -0.39 is 11.6 Å². The predicted molar refractivity (Wildman–Crippen MR) is 102 cm³/mol. The molecule has 0 unspecified atom stereocenters. The normalized spacial score (nSPS) is 23.1. The highest BCUT2D eigenvalue weighted by atomic mass is 19.1. The second-order valence-electron chi connectivity index (χ2n) is 7.43. The summed E-state index contributed by atoms with van der Waals surface area (Å²) in [6, 6.07) is 12.4. The van der Waals surface area contributed by atoms with E-state index in [4.69, 9.17) is 4.74 Å². The first-order chi connectivity index (χ1) is 13.6. The van der Waals surface area contributed by atoms with Gasteiger partial charge in [-0.05, 0) is 43.6 Å². The summed E-state index contributed by atoms with van der Waals surface area (Å²) < 4.78 is 33.4. The Hall–Kier alpha value is -2.31. The van der Waals surface area contributed by atoms with E-state index >= 15 is 0 Å². The van der Waals surface area contributed by atoms with Crippen LogP contribution in [0.15, 0.2) is 48.5 Å². The van der Waals surface area contributed by atoms with E-state index in [1.165, 1.54) is 12.8 Å². The third-order valence-electron chi connectivity index (χ3n) is 5.50. The van der Waals surface area contributed by atoms with Gasteiger partial charge in [0.1, 0.15) is 11.6 Å². The Kier molecular flexibility index (Phi) is 5.69. The molecule has 0 radical (unpaired) electrons. The van der Waals surface area contributed by atoms with Crippen molar-refractivity contribution in [2.24, 2.45) is 0 Å². The molecule has 2 aromatic rings. The summed E-state index contributed by atoms with van der Waals surface area (Å²) in [6.07, 6.45) is 2.17. The van der Waals surface area contributed by atoms with Crippen LogP contribution in [0.5, 0.6) is 0 Å². The molecule has 0 bridgehead atoms. The number of halogens is 2. The van der Waals surface area contributed by atoms with Crippen LogP contribution in [0, 0.1) is 11.6 Å². The Morgan fingerprint density at radius 3 is 2.36 bits per heavy atom. The van der Waals surface area contributed by atoms with Crippen LogP contribution >= 0.6 is 0 Å². The van der Waals surface area contributed by atoms with Crippen LogP contribution in [0.25, 0.3) is 0 Å². The van der Waals surface area contributed by atoms with E-state index in [2.05, 4.69) is 4.90 Å². The molecule has 2 heterocycles. The van der Waals surface area contributed by atoms with E-state index in [1.807, 2.05) is 30.3 Å². The van der Waals surface area contributed by atoms with Gasteiger partial charge in [-0.1, -0.05) is 30.3 Å². The lowest BCUT2D eigenvalue weighted by Gasteiger charge is -2.42. The number of carbonyl (C=O) groups is 1. The fraction of sp³-hybridized carbons (Fsp3) is 0.409. The zero-order valence-corrected chi connectivity index (χ0v) is 15.7. The first-order valence-corrected chi connectivity index (χ1v) is 9.78. The third-order valence-corrected chi connectivity index (χ3v) is 5.50. The lowest BCUT2D eigenvalue weighted by Crippen LogP contribution is -2.51. The highest BCUT2D eigenvalue weighted by Crippen LogP contribution is 2.32. The van der Waals surface area contributed by atoms with Gasteiger partial charge in [-0.2, -0.15) is 0 Å². The molecule has 2 aliphatic heterocycles. The molecule has 2 aliphatic rings. The lowest BCUT2D eigenvalue weighted by atomic mass is 9.96. The van der Waals surface area contributed by atoms with Crippen molar-refractivity contribution in [2.75, 3.05) is 32.8 Å². The van der Waals surface area contributed by atoms with Crippen molar-refractivity contribution < 1.29 is 18.3 Å². The van der Waals surface area contributed by atoms with Crippen LogP contribution in [0.2, 0.25) is 0 Å². The van der Waals surface area contributed by atoms with Gasteiger partial charge in [0.05, 0.1) is 18.8 Å². The number of amides is 1. The second-order valence-corrected chi connectivity index (χ2v) is 7.43. The average Bonchev–Trinajstić information content (AvgIpc) is 3.20. The number of hydrogen-bond donors (Lipinski definition) is 0.